The summed E-state index contributed by atoms with van der Waals surface area (Å²) < 4.78 is 0. The van der Waals surface area contributed by atoms with Crippen molar-refractivity contribution in [3.63, 3.8) is 0 Å². The van der Waals surface area contributed by atoms with E-state index in [4.69, 9.17) is 10.9 Å². The van der Waals surface area contributed by atoms with E-state index >= 15 is 0 Å². The van der Waals surface area contributed by atoms with Gasteiger partial charge < -0.3 is 15.8 Å². The SMILES string of the molecule is CCCN1CCN(C/C(N)=N/O)CC1. The van der Waals surface area contributed by atoms with E-state index < -0.39 is 0 Å². The summed E-state index contributed by atoms with van der Waals surface area (Å²) in [5, 5.41) is 11.4. The van der Waals surface area contributed by atoms with E-state index in [0.29, 0.717) is 12.4 Å². The van der Waals surface area contributed by atoms with Gasteiger partial charge in [-0.05, 0) is 13.0 Å². The Morgan fingerprint density at radius 1 is 1.29 bits per heavy atom. The molecule has 0 amide bonds. The first-order valence-electron chi connectivity index (χ1n) is 5.17. The minimum Gasteiger partial charge on any atom is -0.409 e. The third-order valence-corrected chi connectivity index (χ3v) is 2.52. The number of hydrogen-bond donors (Lipinski definition) is 2. The van der Waals surface area contributed by atoms with Gasteiger partial charge in [0.2, 0.25) is 0 Å². The molecule has 0 radical (unpaired) electrons. The van der Waals surface area contributed by atoms with Crippen molar-refractivity contribution in [2.45, 2.75) is 13.3 Å². The summed E-state index contributed by atoms with van der Waals surface area (Å²) in [4.78, 5) is 4.66. The van der Waals surface area contributed by atoms with Gasteiger partial charge in [-0.15, -0.1) is 0 Å². The third-order valence-electron chi connectivity index (χ3n) is 2.52. The van der Waals surface area contributed by atoms with Crippen LogP contribution in [0.15, 0.2) is 5.16 Å². The van der Waals surface area contributed by atoms with E-state index in [0.717, 1.165) is 26.2 Å². The number of oxime groups is 1. The number of nitrogens with zero attached hydrogens (tertiary/aromatic N) is 3. The van der Waals surface area contributed by atoms with E-state index in [9.17, 15) is 0 Å². The molecule has 0 aromatic carbocycles. The average Bonchev–Trinajstić information content (AvgIpc) is 2.21. The molecule has 1 saturated heterocycles. The van der Waals surface area contributed by atoms with Crippen LogP contribution >= 0.6 is 0 Å². The normalized spacial score (nSPS) is 21.4. The zero-order valence-electron chi connectivity index (χ0n) is 8.82. The zero-order valence-corrected chi connectivity index (χ0v) is 8.82. The monoisotopic (exact) mass is 200 g/mol. The first kappa shape index (κ1) is 11.3. The molecule has 0 bridgehead atoms. The molecule has 0 aliphatic carbocycles. The number of rotatable bonds is 4. The molecule has 1 rings (SSSR count). The van der Waals surface area contributed by atoms with Gasteiger partial charge in [0, 0.05) is 26.2 Å². The Labute approximate surface area is 85.2 Å². The molecule has 1 heterocycles. The highest BCUT2D eigenvalue weighted by molar-refractivity contribution is 5.81. The number of piperazine rings is 1. The number of nitrogens with two attached hydrogens (primary N) is 1. The highest BCUT2D eigenvalue weighted by atomic mass is 16.4. The molecule has 0 atom stereocenters. The van der Waals surface area contributed by atoms with E-state index in [1.165, 1.54) is 13.0 Å². The summed E-state index contributed by atoms with van der Waals surface area (Å²) in [5.74, 6) is 0.300. The Hall–Kier alpha value is -0.810. The van der Waals surface area contributed by atoms with Gasteiger partial charge in [-0.3, -0.25) is 4.90 Å². The molecule has 1 aliphatic heterocycles. The standard InChI is InChI=1S/C9H20N4O/c1-2-3-12-4-6-13(7-5-12)8-9(10)11-14/h14H,2-8H2,1H3,(H2,10,11). The summed E-state index contributed by atoms with van der Waals surface area (Å²) in [6.07, 6.45) is 1.21. The third kappa shape index (κ3) is 3.51. The summed E-state index contributed by atoms with van der Waals surface area (Å²) in [6.45, 7) is 8.15. The fourth-order valence-corrected chi connectivity index (χ4v) is 1.75. The van der Waals surface area contributed by atoms with Gasteiger partial charge in [0.25, 0.3) is 0 Å². The summed E-state index contributed by atoms with van der Waals surface area (Å²) >= 11 is 0. The molecule has 0 spiro atoms. The van der Waals surface area contributed by atoms with Gasteiger partial charge in [0.05, 0.1) is 6.54 Å². The smallest absolute Gasteiger partial charge is 0.153 e. The lowest BCUT2D eigenvalue weighted by Crippen LogP contribution is -2.48. The Morgan fingerprint density at radius 2 is 1.86 bits per heavy atom. The minimum absolute atomic E-state index is 0.300. The van der Waals surface area contributed by atoms with Crippen LogP contribution in [0, 0.1) is 0 Å². The molecular formula is C9H20N4O. The van der Waals surface area contributed by atoms with E-state index in [2.05, 4.69) is 21.9 Å². The van der Waals surface area contributed by atoms with E-state index in [-0.39, 0.29) is 0 Å². The predicted octanol–water partition coefficient (Wildman–Crippen LogP) is -0.240. The van der Waals surface area contributed by atoms with Crippen molar-refractivity contribution in [1.29, 1.82) is 0 Å². The van der Waals surface area contributed by atoms with Gasteiger partial charge in [-0.25, -0.2) is 0 Å². The first-order valence-corrected chi connectivity index (χ1v) is 5.17. The molecule has 1 aliphatic rings. The largest absolute Gasteiger partial charge is 0.409 e. The van der Waals surface area contributed by atoms with Gasteiger partial charge in [-0.2, -0.15) is 0 Å². The molecule has 0 aromatic heterocycles. The summed E-state index contributed by atoms with van der Waals surface area (Å²) in [5.41, 5.74) is 5.44. The van der Waals surface area contributed by atoms with Crippen LogP contribution in [0.4, 0.5) is 0 Å². The highest BCUT2D eigenvalue weighted by Gasteiger charge is 2.16. The van der Waals surface area contributed by atoms with E-state index in [1.807, 2.05) is 0 Å². The van der Waals surface area contributed by atoms with Gasteiger partial charge in [0.1, 0.15) is 0 Å². The summed E-state index contributed by atoms with van der Waals surface area (Å²) in [6, 6.07) is 0. The Kier molecular flexibility index (Phi) is 4.69. The highest BCUT2D eigenvalue weighted by Crippen LogP contribution is 2.01. The second-order valence-corrected chi connectivity index (χ2v) is 3.71. The summed E-state index contributed by atoms with van der Waals surface area (Å²) in [7, 11) is 0. The van der Waals surface area contributed by atoms with Crippen LogP contribution in [-0.2, 0) is 0 Å². The lowest BCUT2D eigenvalue weighted by atomic mass is 10.3. The van der Waals surface area contributed by atoms with Crippen molar-refractivity contribution in [2.75, 3.05) is 39.3 Å². The van der Waals surface area contributed by atoms with Crippen LogP contribution in [0.25, 0.3) is 0 Å². The van der Waals surface area contributed by atoms with Gasteiger partial charge >= 0.3 is 0 Å². The Morgan fingerprint density at radius 3 is 2.36 bits per heavy atom. The molecule has 0 unspecified atom stereocenters. The van der Waals surface area contributed by atoms with Gasteiger partial charge in [-0.1, -0.05) is 12.1 Å². The molecular weight excluding hydrogens is 180 g/mol. The fraction of sp³-hybridized carbons (Fsp3) is 0.889. The van der Waals surface area contributed by atoms with Crippen LogP contribution in [0.1, 0.15) is 13.3 Å². The maximum Gasteiger partial charge on any atom is 0.153 e. The molecule has 0 aromatic rings. The predicted molar refractivity (Wildman–Crippen MR) is 56.6 cm³/mol. The maximum absolute atomic E-state index is 8.43. The number of amidine groups is 1. The molecule has 1 fully saturated rings. The van der Waals surface area contributed by atoms with E-state index in [1.54, 1.807) is 0 Å². The fourth-order valence-electron chi connectivity index (χ4n) is 1.75. The van der Waals surface area contributed by atoms with Crippen LogP contribution < -0.4 is 5.73 Å². The van der Waals surface area contributed by atoms with Crippen LogP contribution in [0.5, 0.6) is 0 Å². The van der Waals surface area contributed by atoms with Gasteiger partial charge in [0.15, 0.2) is 5.84 Å². The first-order chi connectivity index (χ1) is 6.76. The molecule has 3 N–H and O–H groups in total. The zero-order chi connectivity index (χ0) is 10.4. The molecule has 82 valence electrons. The van der Waals surface area contributed by atoms with Crippen molar-refractivity contribution in [3.05, 3.63) is 0 Å². The Bertz CT molecular complexity index is 187. The minimum atomic E-state index is 0.300. The second kappa shape index (κ2) is 5.82. The van der Waals surface area contributed by atoms with Crippen molar-refractivity contribution >= 4 is 5.84 Å². The maximum atomic E-state index is 8.43. The van der Waals surface area contributed by atoms with Crippen LogP contribution in [0.2, 0.25) is 0 Å². The van der Waals surface area contributed by atoms with Crippen LogP contribution in [-0.4, -0.2) is 60.1 Å². The lowest BCUT2D eigenvalue weighted by molar-refractivity contribution is 0.145. The van der Waals surface area contributed by atoms with Crippen molar-refractivity contribution < 1.29 is 5.21 Å². The Balaban J connectivity index is 2.22. The molecule has 5 heteroatoms. The quantitative estimate of drug-likeness (QED) is 0.284. The van der Waals surface area contributed by atoms with Crippen LogP contribution in [0.3, 0.4) is 0 Å². The molecule has 5 nitrogen and oxygen atoms in total. The topological polar surface area (TPSA) is 65.1 Å². The van der Waals surface area contributed by atoms with Crippen molar-refractivity contribution in [2.24, 2.45) is 10.9 Å². The van der Waals surface area contributed by atoms with Crippen molar-refractivity contribution in [3.8, 4) is 0 Å². The second-order valence-electron chi connectivity index (χ2n) is 3.71. The number of hydrogen-bond acceptors (Lipinski definition) is 4. The molecule has 14 heavy (non-hydrogen) atoms. The molecule has 0 saturated carbocycles. The van der Waals surface area contributed by atoms with Crippen molar-refractivity contribution in [1.82, 2.24) is 9.80 Å². The lowest BCUT2D eigenvalue weighted by Gasteiger charge is -2.34. The average molecular weight is 200 g/mol.